The van der Waals surface area contributed by atoms with Crippen molar-refractivity contribution < 1.29 is 4.79 Å². The molecular weight excluding hydrogens is 679 g/mol. The average molecular weight is 715 g/mol. The predicted octanol–water partition coefficient (Wildman–Crippen LogP) is 5.93. The van der Waals surface area contributed by atoms with Gasteiger partial charge >= 0.3 is 0 Å². The van der Waals surface area contributed by atoms with Crippen LogP contribution in [0.1, 0.15) is 19.4 Å². The van der Waals surface area contributed by atoms with Crippen molar-refractivity contribution in [2.45, 2.75) is 24.8 Å². The van der Waals surface area contributed by atoms with E-state index >= 15 is 0 Å². The van der Waals surface area contributed by atoms with Crippen molar-refractivity contribution in [1.29, 1.82) is 0 Å². The zero-order valence-corrected chi connectivity index (χ0v) is 27.7. The predicted molar refractivity (Wildman–Crippen MR) is 190 cm³/mol. The molecule has 0 saturated carbocycles. The first-order valence-corrected chi connectivity index (χ1v) is 16.5. The van der Waals surface area contributed by atoms with Crippen molar-refractivity contribution in [2.24, 2.45) is 0 Å². The topological polar surface area (TPSA) is 108 Å². The normalized spacial score (nSPS) is 13.6. The van der Waals surface area contributed by atoms with Crippen LogP contribution >= 0.6 is 22.6 Å². The molecule has 0 bridgehead atoms. The van der Waals surface area contributed by atoms with Crippen LogP contribution in [0.3, 0.4) is 0 Å². The van der Waals surface area contributed by atoms with Crippen molar-refractivity contribution in [3.8, 4) is 22.3 Å². The van der Waals surface area contributed by atoms with E-state index < -0.39 is 0 Å². The Balaban J connectivity index is 1.27. The number of likely N-dealkylation sites (N-methyl/N-ethyl adjacent to an activating group) is 1. The molecule has 6 rings (SSSR count). The summed E-state index contributed by atoms with van der Waals surface area (Å²) in [5.74, 6) is 0.789. The molecule has 2 N–H and O–H groups in total. The van der Waals surface area contributed by atoms with Gasteiger partial charge < -0.3 is 20.4 Å². The lowest BCUT2D eigenvalue weighted by atomic mass is 9.96. The summed E-state index contributed by atoms with van der Waals surface area (Å²) in [6.45, 7) is 8.04. The van der Waals surface area contributed by atoms with Crippen LogP contribution in [0.15, 0.2) is 77.9 Å². The number of carbonyl (C=O) groups is 1. The number of rotatable bonds is 8. The summed E-state index contributed by atoms with van der Waals surface area (Å²) < 4.78 is 2.43. The Labute approximate surface area is 275 Å². The highest BCUT2D eigenvalue weighted by Gasteiger charge is 2.17. The Morgan fingerprint density at radius 2 is 1.67 bits per heavy atom. The van der Waals surface area contributed by atoms with Crippen molar-refractivity contribution in [1.82, 2.24) is 24.4 Å². The summed E-state index contributed by atoms with van der Waals surface area (Å²) in [7, 11) is 2.16. The lowest BCUT2D eigenvalue weighted by molar-refractivity contribution is -0.114. The number of piperazine rings is 1. The summed E-state index contributed by atoms with van der Waals surface area (Å²) in [4.78, 5) is 43.7. The molecule has 1 fully saturated rings. The van der Waals surface area contributed by atoms with Crippen molar-refractivity contribution in [3.05, 3.63) is 89.0 Å². The van der Waals surface area contributed by atoms with Gasteiger partial charge in [-0.05, 0) is 79.2 Å². The number of carbonyl (C=O) groups excluding carboxylic acids is 1. The first-order chi connectivity index (χ1) is 21.8. The number of alkyl halides is 1. The standard InChI is InChI=1S/C34H35IN8O2/c1-4-43-32-26(21-37-34(40-32)39-27-7-9-28(10-8-27)42-15-13-41(3)14-16-42)18-30(33(43)45)29-11-5-23(17-25(29)19-35)24-6-12-31(36-20-24)38-22(2)44/h5-12,17-18,20-21H,4,13-16,19H2,1-3H3,(H,36,38,44)(H,37,39,40). The molecule has 1 aliphatic rings. The molecule has 11 heteroatoms. The molecule has 4 heterocycles. The monoisotopic (exact) mass is 714 g/mol. The van der Waals surface area contributed by atoms with E-state index in [1.54, 1.807) is 23.0 Å². The molecule has 1 amide bonds. The molecule has 2 aromatic carbocycles. The first-order valence-electron chi connectivity index (χ1n) is 15.0. The van der Waals surface area contributed by atoms with E-state index in [9.17, 15) is 9.59 Å². The molecule has 45 heavy (non-hydrogen) atoms. The molecule has 1 saturated heterocycles. The van der Waals surface area contributed by atoms with Crippen LogP contribution in [-0.2, 0) is 15.8 Å². The van der Waals surface area contributed by atoms with E-state index in [0.717, 1.165) is 63.9 Å². The number of halogens is 1. The van der Waals surface area contributed by atoms with Gasteiger partial charge in [-0.25, -0.2) is 9.97 Å². The molecular formula is C34H35IN8O2. The smallest absolute Gasteiger partial charge is 0.260 e. The fraction of sp³-hybridized carbons (Fsp3) is 0.265. The van der Waals surface area contributed by atoms with Crippen LogP contribution in [0.4, 0.5) is 23.1 Å². The lowest BCUT2D eigenvalue weighted by Gasteiger charge is -2.34. The fourth-order valence-corrected chi connectivity index (χ4v) is 6.25. The van der Waals surface area contributed by atoms with Gasteiger partial charge in [-0.1, -0.05) is 34.7 Å². The summed E-state index contributed by atoms with van der Waals surface area (Å²) in [5.41, 5.74) is 7.04. The van der Waals surface area contributed by atoms with E-state index in [-0.39, 0.29) is 11.5 Å². The number of fused-ring (bicyclic) bond motifs is 1. The number of hydrogen-bond acceptors (Lipinski definition) is 8. The van der Waals surface area contributed by atoms with E-state index in [1.807, 2.05) is 43.3 Å². The number of aryl methyl sites for hydroxylation is 1. The van der Waals surface area contributed by atoms with Gasteiger partial charge in [-0.15, -0.1) is 0 Å². The van der Waals surface area contributed by atoms with Crippen LogP contribution in [0.5, 0.6) is 0 Å². The van der Waals surface area contributed by atoms with Crippen molar-refractivity contribution in [2.75, 3.05) is 48.8 Å². The number of anilines is 4. The van der Waals surface area contributed by atoms with Crippen LogP contribution in [0.2, 0.25) is 0 Å². The molecule has 5 aromatic rings. The van der Waals surface area contributed by atoms with Crippen molar-refractivity contribution in [3.63, 3.8) is 0 Å². The second kappa shape index (κ2) is 13.3. The second-order valence-electron chi connectivity index (χ2n) is 11.2. The van der Waals surface area contributed by atoms with Crippen LogP contribution in [0.25, 0.3) is 33.3 Å². The third-order valence-electron chi connectivity index (χ3n) is 8.08. The number of nitrogens with one attached hydrogen (secondary N) is 2. The Kier molecular flexibility index (Phi) is 9.08. The van der Waals surface area contributed by atoms with Crippen LogP contribution in [0, 0.1) is 0 Å². The number of amides is 1. The Bertz CT molecular complexity index is 1900. The first kappa shape index (κ1) is 30.7. The maximum atomic E-state index is 13.9. The number of hydrogen-bond donors (Lipinski definition) is 2. The SMILES string of the molecule is CCn1c(=O)c(-c2ccc(-c3ccc(NC(C)=O)nc3)cc2CI)cc2cnc(Nc3ccc(N4CCN(C)CC4)cc3)nc21. The van der Waals surface area contributed by atoms with E-state index in [0.29, 0.717) is 29.5 Å². The number of benzene rings is 2. The summed E-state index contributed by atoms with van der Waals surface area (Å²) in [6, 6.07) is 20.0. The van der Waals surface area contributed by atoms with Gasteiger partial charge in [-0.3, -0.25) is 14.2 Å². The third kappa shape index (κ3) is 6.69. The molecule has 10 nitrogen and oxygen atoms in total. The third-order valence-corrected chi connectivity index (χ3v) is 8.90. The fourth-order valence-electron chi connectivity index (χ4n) is 5.62. The van der Waals surface area contributed by atoms with Gasteiger partial charge in [0.2, 0.25) is 11.9 Å². The highest BCUT2D eigenvalue weighted by atomic mass is 127. The van der Waals surface area contributed by atoms with E-state index in [4.69, 9.17) is 4.98 Å². The Morgan fingerprint density at radius 1 is 0.911 bits per heavy atom. The summed E-state index contributed by atoms with van der Waals surface area (Å²) >= 11 is 2.33. The van der Waals surface area contributed by atoms with Gasteiger partial charge in [0.15, 0.2) is 0 Å². The minimum absolute atomic E-state index is 0.0913. The zero-order valence-electron chi connectivity index (χ0n) is 25.5. The molecule has 1 aliphatic heterocycles. The molecule has 0 radical (unpaired) electrons. The highest BCUT2D eigenvalue weighted by molar-refractivity contribution is 14.1. The quantitative estimate of drug-likeness (QED) is 0.151. The molecule has 0 atom stereocenters. The van der Waals surface area contributed by atoms with Gasteiger partial charge in [0.05, 0.1) is 0 Å². The van der Waals surface area contributed by atoms with Gasteiger partial charge in [-0.2, -0.15) is 4.98 Å². The average Bonchev–Trinajstić information content (AvgIpc) is 3.05. The summed E-state index contributed by atoms with van der Waals surface area (Å²) in [6.07, 6.45) is 3.51. The number of pyridine rings is 2. The number of aromatic nitrogens is 4. The highest BCUT2D eigenvalue weighted by Crippen LogP contribution is 2.31. The van der Waals surface area contributed by atoms with Crippen LogP contribution in [-0.4, -0.2) is 63.6 Å². The van der Waals surface area contributed by atoms with Gasteiger partial charge in [0.25, 0.3) is 5.56 Å². The largest absolute Gasteiger partial charge is 0.369 e. The Hall–Kier alpha value is -4.36. The van der Waals surface area contributed by atoms with Gasteiger partial charge in [0.1, 0.15) is 11.5 Å². The minimum Gasteiger partial charge on any atom is -0.369 e. The zero-order chi connectivity index (χ0) is 31.5. The minimum atomic E-state index is -0.163. The Morgan fingerprint density at radius 3 is 2.33 bits per heavy atom. The lowest BCUT2D eigenvalue weighted by Crippen LogP contribution is -2.44. The van der Waals surface area contributed by atoms with Gasteiger partial charge in [0, 0.05) is 84.4 Å². The molecule has 0 unspecified atom stereocenters. The van der Waals surface area contributed by atoms with Crippen molar-refractivity contribution >= 4 is 62.7 Å². The maximum Gasteiger partial charge on any atom is 0.260 e. The second-order valence-corrected chi connectivity index (χ2v) is 11.9. The van der Waals surface area contributed by atoms with Crippen LogP contribution < -0.4 is 21.1 Å². The molecule has 0 spiro atoms. The molecule has 3 aromatic heterocycles. The number of nitrogens with zero attached hydrogens (tertiary/aromatic N) is 6. The maximum absolute atomic E-state index is 13.9. The molecule has 0 aliphatic carbocycles. The van der Waals surface area contributed by atoms with E-state index in [1.165, 1.54) is 12.6 Å². The van der Waals surface area contributed by atoms with E-state index in [2.05, 4.69) is 78.2 Å². The molecule has 230 valence electrons. The summed E-state index contributed by atoms with van der Waals surface area (Å²) in [5, 5.41) is 6.80.